The maximum Gasteiger partial charge on any atom is 0.335 e. The number of benzene rings is 2. The minimum Gasteiger partial charge on any atom is -0.478 e. The molecule has 0 fully saturated rings. The third kappa shape index (κ3) is 2.35. The second-order valence-electron chi connectivity index (χ2n) is 4.37. The SMILES string of the molecule is O=C(O)c1ccc(Cn2nc3ccc(F)cc3n2)cc1. The first kappa shape index (κ1) is 12.3. The van der Waals surface area contributed by atoms with E-state index in [0.29, 0.717) is 17.6 Å². The number of rotatable bonds is 3. The van der Waals surface area contributed by atoms with Crippen LogP contribution in [0.1, 0.15) is 15.9 Å². The van der Waals surface area contributed by atoms with Crippen molar-refractivity contribution in [3.05, 3.63) is 59.4 Å². The average Bonchev–Trinajstić information content (AvgIpc) is 2.80. The van der Waals surface area contributed by atoms with E-state index < -0.39 is 5.97 Å². The monoisotopic (exact) mass is 271 g/mol. The lowest BCUT2D eigenvalue weighted by molar-refractivity contribution is 0.0697. The lowest BCUT2D eigenvalue weighted by Gasteiger charge is -2.00. The molecule has 0 atom stereocenters. The number of aromatic carboxylic acids is 1. The van der Waals surface area contributed by atoms with Crippen LogP contribution >= 0.6 is 0 Å². The highest BCUT2D eigenvalue weighted by molar-refractivity contribution is 5.87. The van der Waals surface area contributed by atoms with Crippen LogP contribution in [-0.2, 0) is 6.54 Å². The van der Waals surface area contributed by atoms with Crippen LogP contribution in [0.4, 0.5) is 4.39 Å². The first-order valence-electron chi connectivity index (χ1n) is 5.94. The number of carbonyl (C=O) groups is 1. The quantitative estimate of drug-likeness (QED) is 0.793. The minimum absolute atomic E-state index is 0.231. The van der Waals surface area contributed by atoms with Crippen molar-refractivity contribution in [3.8, 4) is 0 Å². The van der Waals surface area contributed by atoms with Gasteiger partial charge in [-0.1, -0.05) is 12.1 Å². The topological polar surface area (TPSA) is 68.0 Å². The first-order valence-corrected chi connectivity index (χ1v) is 5.94. The summed E-state index contributed by atoms with van der Waals surface area (Å²) in [7, 11) is 0. The van der Waals surface area contributed by atoms with Crippen LogP contribution in [0.25, 0.3) is 11.0 Å². The van der Waals surface area contributed by atoms with Crippen LogP contribution in [0, 0.1) is 5.82 Å². The fraction of sp³-hybridized carbons (Fsp3) is 0.0714. The molecule has 0 saturated carbocycles. The predicted octanol–water partition coefficient (Wildman–Crippen LogP) is 2.32. The second-order valence-corrected chi connectivity index (χ2v) is 4.37. The van der Waals surface area contributed by atoms with Crippen LogP contribution in [-0.4, -0.2) is 26.1 Å². The smallest absolute Gasteiger partial charge is 0.335 e. The van der Waals surface area contributed by atoms with E-state index in [1.165, 1.54) is 29.1 Å². The molecule has 0 spiro atoms. The fourth-order valence-electron chi connectivity index (χ4n) is 1.92. The number of fused-ring (bicyclic) bond motifs is 1. The van der Waals surface area contributed by atoms with Gasteiger partial charge in [-0.3, -0.25) is 0 Å². The molecule has 0 aliphatic carbocycles. The summed E-state index contributed by atoms with van der Waals surface area (Å²) in [6.45, 7) is 0.399. The molecule has 0 aliphatic heterocycles. The number of carboxylic acids is 1. The number of hydrogen-bond donors (Lipinski definition) is 1. The van der Waals surface area contributed by atoms with Crippen LogP contribution in [0.3, 0.4) is 0 Å². The molecule has 0 radical (unpaired) electrons. The van der Waals surface area contributed by atoms with Crippen molar-refractivity contribution in [2.24, 2.45) is 0 Å². The van der Waals surface area contributed by atoms with E-state index in [9.17, 15) is 9.18 Å². The lowest BCUT2D eigenvalue weighted by atomic mass is 10.1. The molecule has 100 valence electrons. The summed E-state index contributed by atoms with van der Waals surface area (Å²) in [5, 5.41) is 17.2. The van der Waals surface area contributed by atoms with Gasteiger partial charge in [0.15, 0.2) is 0 Å². The summed E-state index contributed by atoms with van der Waals surface area (Å²) in [6.07, 6.45) is 0. The van der Waals surface area contributed by atoms with Gasteiger partial charge in [0.25, 0.3) is 0 Å². The molecule has 6 heteroatoms. The van der Waals surface area contributed by atoms with Crippen molar-refractivity contribution < 1.29 is 14.3 Å². The van der Waals surface area contributed by atoms with E-state index in [0.717, 1.165) is 5.56 Å². The largest absolute Gasteiger partial charge is 0.478 e. The minimum atomic E-state index is -0.963. The molecule has 0 aliphatic rings. The molecule has 1 N–H and O–H groups in total. The Morgan fingerprint density at radius 3 is 2.50 bits per heavy atom. The third-order valence-corrected chi connectivity index (χ3v) is 2.91. The molecule has 0 unspecified atom stereocenters. The Balaban J connectivity index is 1.87. The Morgan fingerprint density at radius 1 is 1.10 bits per heavy atom. The first-order chi connectivity index (χ1) is 9.61. The van der Waals surface area contributed by atoms with E-state index in [-0.39, 0.29) is 11.4 Å². The van der Waals surface area contributed by atoms with Gasteiger partial charge in [-0.05, 0) is 29.8 Å². The Kier molecular flexibility index (Phi) is 2.90. The zero-order valence-electron chi connectivity index (χ0n) is 10.3. The van der Waals surface area contributed by atoms with Crippen LogP contribution in [0.2, 0.25) is 0 Å². The summed E-state index contributed by atoms with van der Waals surface area (Å²) >= 11 is 0. The zero-order valence-corrected chi connectivity index (χ0v) is 10.3. The van der Waals surface area contributed by atoms with Crippen LogP contribution in [0.15, 0.2) is 42.5 Å². The van der Waals surface area contributed by atoms with Gasteiger partial charge < -0.3 is 5.11 Å². The number of halogens is 1. The number of hydrogen-bond acceptors (Lipinski definition) is 3. The van der Waals surface area contributed by atoms with Crippen molar-refractivity contribution >= 4 is 17.0 Å². The number of nitrogens with zero attached hydrogens (tertiary/aromatic N) is 3. The summed E-state index contributed by atoms with van der Waals surface area (Å²) in [6, 6.07) is 10.7. The maximum absolute atomic E-state index is 13.1. The molecule has 0 amide bonds. The molecular weight excluding hydrogens is 261 g/mol. The molecular formula is C14H10FN3O2. The summed E-state index contributed by atoms with van der Waals surface area (Å²) in [5.41, 5.74) is 2.21. The van der Waals surface area contributed by atoms with E-state index in [1.807, 2.05) is 0 Å². The van der Waals surface area contributed by atoms with Gasteiger partial charge in [-0.15, -0.1) is 0 Å². The van der Waals surface area contributed by atoms with Gasteiger partial charge in [-0.25, -0.2) is 9.18 Å². The van der Waals surface area contributed by atoms with Crippen molar-refractivity contribution in [1.29, 1.82) is 0 Å². The fourth-order valence-corrected chi connectivity index (χ4v) is 1.92. The van der Waals surface area contributed by atoms with Crippen molar-refractivity contribution in [1.82, 2.24) is 15.0 Å². The van der Waals surface area contributed by atoms with Gasteiger partial charge in [0.1, 0.15) is 16.9 Å². The van der Waals surface area contributed by atoms with E-state index in [2.05, 4.69) is 10.2 Å². The normalized spacial score (nSPS) is 10.8. The standard InChI is InChI=1S/C14H10FN3O2/c15-11-5-6-12-13(7-11)17-18(16-12)8-9-1-3-10(4-2-9)14(19)20/h1-7H,8H2,(H,19,20). The van der Waals surface area contributed by atoms with Gasteiger partial charge in [0, 0.05) is 6.07 Å². The molecule has 2 aromatic carbocycles. The molecule has 3 rings (SSSR count). The van der Waals surface area contributed by atoms with Crippen molar-refractivity contribution in [3.63, 3.8) is 0 Å². The molecule has 0 bridgehead atoms. The highest BCUT2D eigenvalue weighted by atomic mass is 19.1. The maximum atomic E-state index is 13.1. The molecule has 1 aromatic heterocycles. The Morgan fingerprint density at radius 2 is 1.80 bits per heavy atom. The van der Waals surface area contributed by atoms with Crippen molar-refractivity contribution in [2.45, 2.75) is 6.54 Å². The van der Waals surface area contributed by atoms with E-state index >= 15 is 0 Å². The second kappa shape index (κ2) is 4.73. The highest BCUT2D eigenvalue weighted by Crippen LogP contribution is 2.12. The Labute approximate surface area is 113 Å². The van der Waals surface area contributed by atoms with Gasteiger partial charge in [0.05, 0.1) is 12.1 Å². The van der Waals surface area contributed by atoms with Crippen molar-refractivity contribution in [2.75, 3.05) is 0 Å². The molecule has 20 heavy (non-hydrogen) atoms. The summed E-state index contributed by atoms with van der Waals surface area (Å²) in [4.78, 5) is 12.2. The number of aromatic nitrogens is 3. The average molecular weight is 271 g/mol. The summed E-state index contributed by atoms with van der Waals surface area (Å²) < 4.78 is 13.1. The molecule has 1 heterocycles. The predicted molar refractivity (Wildman–Crippen MR) is 70.0 cm³/mol. The molecule has 5 nitrogen and oxygen atoms in total. The van der Waals surface area contributed by atoms with E-state index in [1.54, 1.807) is 18.2 Å². The summed E-state index contributed by atoms with van der Waals surface area (Å²) in [5.74, 6) is -1.31. The third-order valence-electron chi connectivity index (χ3n) is 2.91. The van der Waals surface area contributed by atoms with Gasteiger partial charge in [-0.2, -0.15) is 15.0 Å². The molecule has 0 saturated heterocycles. The highest BCUT2D eigenvalue weighted by Gasteiger charge is 2.06. The Bertz CT molecular complexity index is 781. The van der Waals surface area contributed by atoms with Gasteiger partial charge in [0.2, 0.25) is 0 Å². The number of carboxylic acid groups (broad SMARTS) is 1. The Hall–Kier alpha value is -2.76. The van der Waals surface area contributed by atoms with Crippen LogP contribution < -0.4 is 0 Å². The van der Waals surface area contributed by atoms with Gasteiger partial charge >= 0.3 is 5.97 Å². The molecule has 3 aromatic rings. The zero-order chi connectivity index (χ0) is 14.1. The van der Waals surface area contributed by atoms with Crippen LogP contribution in [0.5, 0.6) is 0 Å². The van der Waals surface area contributed by atoms with E-state index in [4.69, 9.17) is 5.11 Å². The lowest BCUT2D eigenvalue weighted by Crippen LogP contribution is -2.04.